The lowest BCUT2D eigenvalue weighted by molar-refractivity contribution is -0.144. The molecule has 0 saturated heterocycles. The highest BCUT2D eigenvalue weighted by Crippen LogP contribution is 2.41. The Morgan fingerprint density at radius 3 is 2.62 bits per heavy atom. The number of nitrogens with two attached hydrogens (primary N) is 1. The maximum absolute atomic E-state index is 14.2. The van der Waals surface area contributed by atoms with Gasteiger partial charge in [-0.3, -0.25) is 4.79 Å². The summed E-state index contributed by atoms with van der Waals surface area (Å²) in [6.45, 7) is 9.16. The van der Waals surface area contributed by atoms with Gasteiger partial charge in [-0.05, 0) is 49.4 Å². The molecule has 0 spiro atoms. The van der Waals surface area contributed by atoms with Gasteiger partial charge in [0.2, 0.25) is 11.8 Å². The van der Waals surface area contributed by atoms with Crippen LogP contribution in [0, 0.1) is 5.92 Å². The molecule has 1 aromatic heterocycles. The molecule has 1 aromatic carbocycles. The van der Waals surface area contributed by atoms with Crippen LogP contribution in [-0.4, -0.2) is 42.2 Å². The van der Waals surface area contributed by atoms with Gasteiger partial charge >= 0.3 is 6.18 Å². The van der Waals surface area contributed by atoms with Crippen LogP contribution >= 0.6 is 12.4 Å². The molecule has 0 unspecified atom stereocenters. The minimum Gasteiger partial charge on any atom is -0.361 e. The van der Waals surface area contributed by atoms with E-state index >= 15 is 0 Å². The fourth-order valence-corrected chi connectivity index (χ4v) is 5.50. The first-order chi connectivity index (χ1) is 17.5. The number of rotatable bonds is 11. The van der Waals surface area contributed by atoms with Crippen molar-refractivity contribution in [1.29, 1.82) is 0 Å². The smallest absolute Gasteiger partial charge is 0.361 e. The van der Waals surface area contributed by atoms with Crippen LogP contribution < -0.4 is 11.1 Å². The quantitative estimate of drug-likeness (QED) is 0.164. The average Bonchev–Trinajstić information content (AvgIpc) is 3.16. The van der Waals surface area contributed by atoms with Crippen molar-refractivity contribution in [2.75, 3.05) is 6.61 Å². The van der Waals surface area contributed by atoms with Gasteiger partial charge in [0, 0.05) is 33.9 Å². The Bertz CT molecular complexity index is 1110. The minimum atomic E-state index is -4.40. The van der Waals surface area contributed by atoms with Gasteiger partial charge in [-0.2, -0.15) is 13.2 Å². The molecule has 0 bridgehead atoms. The topological polar surface area (TPSA) is 82.2 Å². The number of imidazole rings is 1. The number of carbonyl (C=O) groups is 1. The zero-order valence-corrected chi connectivity index (χ0v) is 24.7. The van der Waals surface area contributed by atoms with E-state index in [1.807, 2.05) is 4.57 Å². The van der Waals surface area contributed by atoms with Crippen molar-refractivity contribution in [3.05, 3.63) is 29.6 Å². The number of ether oxygens (including phenoxy) is 1. The SMILES string of the molecule is C[C@@H](NC(=O)CCC(F)(F)F)c1ccc2c(c1)nc([C@@H](N)[C@@H]1CCCC(F)(F)C1)n2COCC[Si](C)(C)C.Cl. The number of hydrogen-bond donors (Lipinski definition) is 2. The summed E-state index contributed by atoms with van der Waals surface area (Å²) < 4.78 is 73.5. The van der Waals surface area contributed by atoms with E-state index in [9.17, 15) is 26.7 Å². The molecule has 3 atom stereocenters. The Morgan fingerprint density at radius 2 is 2.00 bits per heavy atom. The molecule has 1 amide bonds. The Morgan fingerprint density at radius 1 is 1.31 bits per heavy atom. The number of nitrogens with one attached hydrogen (secondary N) is 1. The Hall–Kier alpha value is -1.76. The van der Waals surface area contributed by atoms with Crippen molar-refractivity contribution in [2.24, 2.45) is 11.7 Å². The van der Waals surface area contributed by atoms with Gasteiger partial charge in [-0.1, -0.05) is 25.7 Å². The number of aromatic nitrogens is 2. The maximum atomic E-state index is 14.2. The minimum absolute atomic E-state index is 0. The lowest BCUT2D eigenvalue weighted by atomic mass is 9.82. The summed E-state index contributed by atoms with van der Waals surface area (Å²) in [4.78, 5) is 16.7. The molecule has 1 fully saturated rings. The van der Waals surface area contributed by atoms with E-state index in [2.05, 4.69) is 25.0 Å². The van der Waals surface area contributed by atoms with Crippen LogP contribution in [0.5, 0.6) is 0 Å². The number of amides is 1. The fraction of sp³-hybridized carbons (Fsp3) is 0.692. The summed E-state index contributed by atoms with van der Waals surface area (Å²) in [7, 11) is -1.32. The summed E-state index contributed by atoms with van der Waals surface area (Å²) in [6, 6.07) is 5.01. The Balaban J connectivity index is 0.00000533. The maximum Gasteiger partial charge on any atom is 0.389 e. The molecule has 1 aliphatic rings. The Labute approximate surface area is 233 Å². The van der Waals surface area contributed by atoms with Gasteiger partial charge in [-0.15, -0.1) is 12.4 Å². The molecule has 222 valence electrons. The highest BCUT2D eigenvalue weighted by Gasteiger charge is 2.40. The van der Waals surface area contributed by atoms with Gasteiger partial charge in [-0.25, -0.2) is 13.8 Å². The lowest BCUT2D eigenvalue weighted by Crippen LogP contribution is -2.34. The number of halogens is 6. The van der Waals surface area contributed by atoms with Crippen LogP contribution in [-0.2, 0) is 16.3 Å². The molecule has 3 N–H and O–H groups in total. The van der Waals surface area contributed by atoms with Crippen LogP contribution in [0.3, 0.4) is 0 Å². The normalized spacial score (nSPS) is 19.4. The van der Waals surface area contributed by atoms with E-state index in [0.717, 1.165) is 6.04 Å². The predicted molar refractivity (Wildman–Crippen MR) is 147 cm³/mol. The first-order valence-electron chi connectivity index (χ1n) is 13.1. The van der Waals surface area contributed by atoms with Crippen LogP contribution in [0.25, 0.3) is 11.0 Å². The molecule has 3 rings (SSSR count). The van der Waals surface area contributed by atoms with E-state index in [-0.39, 0.29) is 32.0 Å². The Kier molecular flexibility index (Phi) is 11.4. The molecule has 0 aliphatic heterocycles. The number of nitrogens with zero attached hydrogens (tertiary/aromatic N) is 2. The standard InChI is InChI=1S/C26H39F5N4O2Si.ClH/c1-17(33-22(36)9-11-26(29,30)31)18-7-8-21-20(14-18)34-24(35(21)16-37-12-13-38(2,3)4)23(32)19-6-5-10-25(27,28)15-19;/h7-8,14,17,19,23H,5-6,9-13,15-16,32H2,1-4H3,(H,33,36);1H/t17-,19-,23+;/m1./s1. The number of alkyl halides is 5. The zero-order valence-electron chi connectivity index (χ0n) is 22.9. The van der Waals surface area contributed by atoms with Gasteiger partial charge in [0.1, 0.15) is 12.6 Å². The van der Waals surface area contributed by atoms with E-state index in [4.69, 9.17) is 15.5 Å². The average molecular weight is 599 g/mol. The first kappa shape index (κ1) is 33.4. The molecule has 1 aliphatic carbocycles. The fourth-order valence-electron chi connectivity index (χ4n) is 4.74. The monoisotopic (exact) mass is 598 g/mol. The molecule has 13 heteroatoms. The van der Waals surface area contributed by atoms with Crippen molar-refractivity contribution in [3.8, 4) is 0 Å². The summed E-state index contributed by atoms with van der Waals surface area (Å²) in [5.41, 5.74) is 8.48. The first-order valence-corrected chi connectivity index (χ1v) is 16.8. The van der Waals surface area contributed by atoms with Crippen LogP contribution in [0.2, 0.25) is 25.7 Å². The molecule has 2 aromatic rings. The third-order valence-corrected chi connectivity index (χ3v) is 8.72. The van der Waals surface area contributed by atoms with Crippen LogP contribution in [0.15, 0.2) is 18.2 Å². The van der Waals surface area contributed by atoms with E-state index in [0.29, 0.717) is 41.9 Å². The van der Waals surface area contributed by atoms with Gasteiger partial charge in [0.25, 0.3) is 0 Å². The second kappa shape index (κ2) is 13.3. The molecular formula is C26H40ClF5N4O2Si. The van der Waals surface area contributed by atoms with E-state index < -0.39 is 56.9 Å². The van der Waals surface area contributed by atoms with E-state index in [1.165, 1.54) is 0 Å². The molecular weight excluding hydrogens is 559 g/mol. The van der Waals surface area contributed by atoms with Crippen molar-refractivity contribution in [1.82, 2.24) is 14.9 Å². The number of carbonyl (C=O) groups excluding carboxylic acids is 1. The highest BCUT2D eigenvalue weighted by atomic mass is 35.5. The van der Waals surface area contributed by atoms with Gasteiger partial charge in [0.15, 0.2) is 0 Å². The second-order valence-corrected chi connectivity index (χ2v) is 17.3. The molecule has 6 nitrogen and oxygen atoms in total. The second-order valence-electron chi connectivity index (χ2n) is 11.6. The van der Waals surface area contributed by atoms with Crippen LogP contribution in [0.4, 0.5) is 22.0 Å². The largest absolute Gasteiger partial charge is 0.389 e. The summed E-state index contributed by atoms with van der Waals surface area (Å²) in [5.74, 6) is -3.41. The van der Waals surface area contributed by atoms with Gasteiger partial charge < -0.3 is 20.4 Å². The molecule has 0 radical (unpaired) electrons. The zero-order chi connectivity index (χ0) is 28.3. The summed E-state index contributed by atoms with van der Waals surface area (Å²) in [6.07, 6.45) is -5.68. The molecule has 1 saturated carbocycles. The van der Waals surface area contributed by atoms with Gasteiger partial charge in [0.05, 0.1) is 29.5 Å². The highest BCUT2D eigenvalue weighted by molar-refractivity contribution is 6.76. The summed E-state index contributed by atoms with van der Waals surface area (Å²) >= 11 is 0. The number of fused-ring (bicyclic) bond motifs is 1. The lowest BCUT2D eigenvalue weighted by Gasteiger charge is -2.32. The third-order valence-electron chi connectivity index (χ3n) is 7.02. The molecule has 1 heterocycles. The summed E-state index contributed by atoms with van der Waals surface area (Å²) in [5, 5.41) is 2.59. The van der Waals surface area contributed by atoms with Crippen molar-refractivity contribution in [3.63, 3.8) is 0 Å². The van der Waals surface area contributed by atoms with Crippen molar-refractivity contribution < 1.29 is 31.5 Å². The molecule has 39 heavy (non-hydrogen) atoms. The van der Waals surface area contributed by atoms with Crippen molar-refractivity contribution in [2.45, 2.75) is 102 Å². The van der Waals surface area contributed by atoms with E-state index in [1.54, 1.807) is 25.1 Å². The van der Waals surface area contributed by atoms with Crippen LogP contribution in [0.1, 0.15) is 68.9 Å². The predicted octanol–water partition coefficient (Wildman–Crippen LogP) is 7.12. The third kappa shape index (κ3) is 9.98. The number of benzene rings is 1. The van der Waals surface area contributed by atoms with Crippen molar-refractivity contribution >= 4 is 37.4 Å². The number of hydrogen-bond acceptors (Lipinski definition) is 4.